The third kappa shape index (κ3) is 4.33. The lowest BCUT2D eigenvalue weighted by Gasteiger charge is -2.29. The molecule has 0 bridgehead atoms. The number of ketones is 1. The summed E-state index contributed by atoms with van der Waals surface area (Å²) in [5, 5.41) is 3.95. The molecule has 1 aromatic heterocycles. The Morgan fingerprint density at radius 2 is 2.05 bits per heavy atom. The number of Topliss-reactive ketones (excluding diaryl/α,β-unsaturated/α-hetero) is 1. The number of nitrogens with zero attached hydrogens (tertiary/aromatic N) is 2. The normalized spacial score (nSPS) is 21.2. The van der Waals surface area contributed by atoms with Gasteiger partial charge >= 0.3 is 6.09 Å². The lowest BCUT2D eigenvalue weighted by molar-refractivity contribution is 0.0804. The highest BCUT2D eigenvalue weighted by atomic mass is 32.2. The standard InChI is InChI=1S/C14H20N4O3S/c1-8(19)11-7-16-14(22-2)18-12(11)17-9-3-5-10(6-4-9)21-13(15)20/h7,9-10H,3-6H2,1-2H3,(H2,15,20)(H,16,17,18)/t9-,10-. The quantitative estimate of drug-likeness (QED) is 0.486. The van der Waals surface area contributed by atoms with E-state index in [1.165, 1.54) is 18.7 Å². The summed E-state index contributed by atoms with van der Waals surface area (Å²) in [4.78, 5) is 31.0. The molecule has 7 nitrogen and oxygen atoms in total. The van der Waals surface area contributed by atoms with Crippen LogP contribution in [0, 0.1) is 0 Å². The van der Waals surface area contributed by atoms with Crippen molar-refractivity contribution in [2.45, 2.75) is 49.9 Å². The van der Waals surface area contributed by atoms with E-state index in [1.54, 1.807) is 6.20 Å². The predicted molar refractivity (Wildman–Crippen MR) is 84.2 cm³/mol. The molecule has 0 aliphatic heterocycles. The summed E-state index contributed by atoms with van der Waals surface area (Å²) in [6.45, 7) is 1.50. The van der Waals surface area contributed by atoms with E-state index in [4.69, 9.17) is 10.5 Å². The van der Waals surface area contributed by atoms with Crippen LogP contribution in [0.3, 0.4) is 0 Å². The van der Waals surface area contributed by atoms with Gasteiger partial charge in [0.2, 0.25) is 0 Å². The molecule has 1 aliphatic carbocycles. The first-order valence-corrected chi connectivity index (χ1v) is 8.36. The zero-order valence-corrected chi connectivity index (χ0v) is 13.5. The van der Waals surface area contributed by atoms with Crippen LogP contribution in [0.1, 0.15) is 43.0 Å². The molecule has 1 aromatic rings. The maximum Gasteiger partial charge on any atom is 0.404 e. The molecular weight excluding hydrogens is 304 g/mol. The second kappa shape index (κ2) is 7.44. The van der Waals surface area contributed by atoms with Crippen LogP contribution in [-0.2, 0) is 4.74 Å². The van der Waals surface area contributed by atoms with Crippen LogP contribution in [0.4, 0.5) is 10.6 Å². The predicted octanol–water partition coefficient (Wildman–Crippen LogP) is 2.22. The number of carbonyl (C=O) groups is 2. The van der Waals surface area contributed by atoms with Crippen LogP contribution in [-0.4, -0.2) is 40.2 Å². The summed E-state index contributed by atoms with van der Waals surface area (Å²) in [5.41, 5.74) is 5.53. The van der Waals surface area contributed by atoms with E-state index in [0.717, 1.165) is 25.7 Å². The number of nitrogens with two attached hydrogens (primary N) is 1. The molecule has 0 atom stereocenters. The fourth-order valence-corrected chi connectivity index (χ4v) is 2.85. The third-order valence-electron chi connectivity index (χ3n) is 3.63. The van der Waals surface area contributed by atoms with Crippen LogP contribution in [0.2, 0.25) is 0 Å². The highest BCUT2D eigenvalue weighted by molar-refractivity contribution is 7.98. The summed E-state index contributed by atoms with van der Waals surface area (Å²) >= 11 is 1.43. The van der Waals surface area contributed by atoms with Gasteiger partial charge in [-0.2, -0.15) is 0 Å². The first-order valence-electron chi connectivity index (χ1n) is 7.14. The molecular formula is C14H20N4O3S. The van der Waals surface area contributed by atoms with Crippen molar-refractivity contribution in [1.29, 1.82) is 0 Å². The van der Waals surface area contributed by atoms with Crippen molar-refractivity contribution in [2.75, 3.05) is 11.6 Å². The SMILES string of the molecule is CSc1ncc(C(C)=O)c(N[C@H]2CC[C@H](OC(N)=O)CC2)n1. The van der Waals surface area contributed by atoms with Crippen molar-refractivity contribution >= 4 is 29.5 Å². The molecule has 1 aliphatic rings. The molecule has 2 rings (SSSR count). The maximum absolute atomic E-state index is 11.7. The molecule has 1 fully saturated rings. The molecule has 0 aromatic carbocycles. The average Bonchev–Trinajstić information content (AvgIpc) is 2.48. The average molecular weight is 324 g/mol. The van der Waals surface area contributed by atoms with E-state index >= 15 is 0 Å². The van der Waals surface area contributed by atoms with Crippen LogP contribution in [0.5, 0.6) is 0 Å². The van der Waals surface area contributed by atoms with Crippen LogP contribution >= 0.6 is 11.8 Å². The number of hydrogen-bond donors (Lipinski definition) is 2. The summed E-state index contributed by atoms with van der Waals surface area (Å²) in [6, 6.07) is 0.190. The highest BCUT2D eigenvalue weighted by Gasteiger charge is 2.24. The monoisotopic (exact) mass is 324 g/mol. The van der Waals surface area contributed by atoms with Crippen LogP contribution < -0.4 is 11.1 Å². The molecule has 1 amide bonds. The number of carbonyl (C=O) groups excluding carboxylic acids is 2. The highest BCUT2D eigenvalue weighted by Crippen LogP contribution is 2.25. The zero-order valence-electron chi connectivity index (χ0n) is 12.7. The third-order valence-corrected chi connectivity index (χ3v) is 4.19. The second-order valence-electron chi connectivity index (χ2n) is 5.23. The van der Waals surface area contributed by atoms with Gasteiger partial charge in [0.15, 0.2) is 10.9 Å². The Balaban J connectivity index is 2.02. The van der Waals surface area contributed by atoms with Crippen LogP contribution in [0.25, 0.3) is 0 Å². The number of rotatable bonds is 5. The van der Waals surface area contributed by atoms with Crippen molar-refractivity contribution in [3.05, 3.63) is 11.8 Å². The Labute approximate surface area is 133 Å². The van der Waals surface area contributed by atoms with Gasteiger partial charge in [-0.3, -0.25) is 4.79 Å². The van der Waals surface area contributed by atoms with Crippen LogP contribution in [0.15, 0.2) is 11.4 Å². The number of thioether (sulfide) groups is 1. The summed E-state index contributed by atoms with van der Waals surface area (Å²) in [6.07, 6.45) is 5.75. The summed E-state index contributed by atoms with van der Waals surface area (Å²) < 4.78 is 5.02. The van der Waals surface area contributed by atoms with Crippen molar-refractivity contribution in [3.8, 4) is 0 Å². The van der Waals surface area contributed by atoms with E-state index in [-0.39, 0.29) is 17.9 Å². The van der Waals surface area contributed by atoms with E-state index in [2.05, 4.69) is 15.3 Å². The number of anilines is 1. The van der Waals surface area contributed by atoms with E-state index in [9.17, 15) is 9.59 Å². The van der Waals surface area contributed by atoms with Crippen molar-refractivity contribution in [2.24, 2.45) is 5.73 Å². The van der Waals surface area contributed by atoms with E-state index in [1.807, 2.05) is 6.26 Å². The Morgan fingerprint density at radius 1 is 1.36 bits per heavy atom. The Kier molecular flexibility index (Phi) is 5.59. The fourth-order valence-electron chi connectivity index (χ4n) is 2.51. The Hall–Kier alpha value is -1.83. The van der Waals surface area contributed by atoms with Gasteiger partial charge in [-0.25, -0.2) is 14.8 Å². The number of amides is 1. The molecule has 3 N–H and O–H groups in total. The van der Waals surface area contributed by atoms with Gasteiger partial charge in [0, 0.05) is 12.2 Å². The minimum atomic E-state index is -0.726. The minimum Gasteiger partial charge on any atom is -0.446 e. The number of nitrogens with one attached hydrogen (secondary N) is 1. The summed E-state index contributed by atoms with van der Waals surface area (Å²) in [7, 11) is 0. The Bertz CT molecular complexity index is 559. The topological polar surface area (TPSA) is 107 Å². The van der Waals surface area contributed by atoms with Crippen molar-refractivity contribution in [1.82, 2.24) is 9.97 Å². The molecule has 22 heavy (non-hydrogen) atoms. The number of primary amides is 1. The zero-order chi connectivity index (χ0) is 16.1. The molecule has 8 heteroatoms. The van der Waals surface area contributed by atoms with Crippen molar-refractivity contribution in [3.63, 3.8) is 0 Å². The first kappa shape index (κ1) is 16.5. The molecule has 120 valence electrons. The lowest BCUT2D eigenvalue weighted by Crippen LogP contribution is -2.33. The minimum absolute atomic E-state index is 0.0686. The molecule has 0 radical (unpaired) electrons. The molecule has 1 heterocycles. The van der Waals surface area contributed by atoms with Gasteiger partial charge in [-0.1, -0.05) is 11.8 Å². The number of aromatic nitrogens is 2. The largest absolute Gasteiger partial charge is 0.446 e. The van der Waals surface area contributed by atoms with Crippen molar-refractivity contribution < 1.29 is 14.3 Å². The molecule has 0 saturated heterocycles. The smallest absolute Gasteiger partial charge is 0.404 e. The van der Waals surface area contributed by atoms with Gasteiger partial charge in [0.1, 0.15) is 11.9 Å². The summed E-state index contributed by atoms with van der Waals surface area (Å²) in [5.74, 6) is 0.507. The number of ether oxygens (including phenoxy) is 1. The van der Waals surface area contributed by atoms with Gasteiger partial charge < -0.3 is 15.8 Å². The van der Waals surface area contributed by atoms with E-state index in [0.29, 0.717) is 16.5 Å². The molecule has 0 spiro atoms. The lowest BCUT2D eigenvalue weighted by atomic mass is 9.93. The second-order valence-corrected chi connectivity index (χ2v) is 6.00. The number of hydrogen-bond acceptors (Lipinski definition) is 7. The van der Waals surface area contributed by atoms with Gasteiger partial charge in [0.25, 0.3) is 0 Å². The van der Waals surface area contributed by atoms with Gasteiger partial charge in [-0.05, 0) is 38.9 Å². The van der Waals surface area contributed by atoms with Gasteiger partial charge in [0.05, 0.1) is 5.56 Å². The fraction of sp³-hybridized carbons (Fsp3) is 0.571. The Morgan fingerprint density at radius 3 is 2.59 bits per heavy atom. The van der Waals surface area contributed by atoms with E-state index < -0.39 is 6.09 Å². The first-order chi connectivity index (χ1) is 10.5. The maximum atomic E-state index is 11.7. The molecule has 0 unspecified atom stereocenters. The van der Waals surface area contributed by atoms with Gasteiger partial charge in [-0.15, -0.1) is 0 Å². The molecule has 1 saturated carbocycles.